The number of carbonyl (C=O) groups is 2. The van der Waals surface area contributed by atoms with Gasteiger partial charge in [-0.2, -0.15) is 8.78 Å². The predicted molar refractivity (Wildman–Crippen MR) is 95.4 cm³/mol. The highest BCUT2D eigenvalue weighted by Gasteiger charge is 2.07. The number of hydrogen-bond donors (Lipinski definition) is 3. The van der Waals surface area contributed by atoms with Crippen molar-refractivity contribution in [2.75, 3.05) is 25.5 Å². The van der Waals surface area contributed by atoms with Gasteiger partial charge in [0.05, 0.1) is 7.11 Å². The molecule has 2 rings (SSSR count). The van der Waals surface area contributed by atoms with Gasteiger partial charge in [-0.15, -0.1) is 0 Å². The Kier molecular flexibility index (Phi) is 7.36. The Bertz CT molecular complexity index is 752. The number of amides is 3. The standard InChI is InChI=1S/C18H19F2N3O4/c1-26-14-6-2-12(3-7-14)16(24)21-10-11-22-18(25)23-13-4-8-15(9-5-13)27-17(19)20/h2-9,17H,10-11H2,1H3,(H,21,24)(H2,22,23,25). The van der Waals surface area contributed by atoms with E-state index in [9.17, 15) is 18.4 Å². The fraction of sp³-hybridized carbons (Fsp3) is 0.222. The number of anilines is 1. The lowest BCUT2D eigenvalue weighted by molar-refractivity contribution is -0.0498. The van der Waals surface area contributed by atoms with Crippen molar-refractivity contribution in [3.63, 3.8) is 0 Å². The molecule has 3 amide bonds. The van der Waals surface area contributed by atoms with Crippen molar-refractivity contribution < 1.29 is 27.8 Å². The molecular weight excluding hydrogens is 360 g/mol. The molecule has 0 heterocycles. The fourth-order valence-electron chi connectivity index (χ4n) is 2.09. The van der Waals surface area contributed by atoms with Crippen molar-refractivity contribution in [2.24, 2.45) is 0 Å². The molecular formula is C18H19F2N3O4. The van der Waals surface area contributed by atoms with E-state index >= 15 is 0 Å². The largest absolute Gasteiger partial charge is 0.497 e. The number of benzene rings is 2. The highest BCUT2D eigenvalue weighted by molar-refractivity contribution is 5.94. The van der Waals surface area contributed by atoms with Crippen molar-refractivity contribution in [1.29, 1.82) is 0 Å². The quantitative estimate of drug-likeness (QED) is 0.616. The first-order chi connectivity index (χ1) is 13.0. The lowest BCUT2D eigenvalue weighted by atomic mass is 10.2. The summed E-state index contributed by atoms with van der Waals surface area (Å²) in [6, 6.07) is 11.6. The van der Waals surface area contributed by atoms with E-state index < -0.39 is 12.6 Å². The van der Waals surface area contributed by atoms with Gasteiger partial charge in [0.2, 0.25) is 0 Å². The summed E-state index contributed by atoms with van der Waals surface area (Å²) in [5, 5.41) is 7.77. The summed E-state index contributed by atoms with van der Waals surface area (Å²) in [5.41, 5.74) is 0.891. The molecule has 0 atom stereocenters. The summed E-state index contributed by atoms with van der Waals surface area (Å²) >= 11 is 0. The van der Waals surface area contributed by atoms with Gasteiger partial charge in [0.15, 0.2) is 0 Å². The first kappa shape index (κ1) is 20.0. The van der Waals surface area contributed by atoms with Crippen molar-refractivity contribution >= 4 is 17.6 Å². The van der Waals surface area contributed by atoms with Gasteiger partial charge in [-0.05, 0) is 48.5 Å². The molecule has 27 heavy (non-hydrogen) atoms. The first-order valence-corrected chi connectivity index (χ1v) is 8.00. The molecule has 0 aliphatic carbocycles. The van der Waals surface area contributed by atoms with Crippen molar-refractivity contribution in [2.45, 2.75) is 6.61 Å². The van der Waals surface area contributed by atoms with Gasteiger partial charge in [0.1, 0.15) is 11.5 Å². The van der Waals surface area contributed by atoms with Crippen molar-refractivity contribution in [3.8, 4) is 11.5 Å². The van der Waals surface area contributed by atoms with Gasteiger partial charge in [-0.25, -0.2) is 4.79 Å². The summed E-state index contributed by atoms with van der Waals surface area (Å²) in [5.74, 6) is 0.380. The van der Waals surface area contributed by atoms with Gasteiger partial charge in [0.25, 0.3) is 5.91 Å². The summed E-state index contributed by atoms with van der Waals surface area (Å²) in [6.07, 6.45) is 0. The average Bonchev–Trinajstić information content (AvgIpc) is 2.66. The number of methoxy groups -OCH3 is 1. The Balaban J connectivity index is 1.68. The number of alkyl halides is 2. The number of urea groups is 1. The van der Waals surface area contributed by atoms with Gasteiger partial charge < -0.3 is 25.4 Å². The van der Waals surface area contributed by atoms with Crippen LogP contribution in [-0.4, -0.2) is 38.7 Å². The van der Waals surface area contributed by atoms with Crippen LogP contribution < -0.4 is 25.4 Å². The fourth-order valence-corrected chi connectivity index (χ4v) is 2.09. The SMILES string of the molecule is COc1ccc(C(=O)NCCNC(=O)Nc2ccc(OC(F)F)cc2)cc1. The molecule has 0 aromatic heterocycles. The van der Waals surface area contributed by atoms with Crippen LogP contribution in [0.25, 0.3) is 0 Å². The molecule has 9 heteroatoms. The van der Waals surface area contributed by atoms with Crippen molar-refractivity contribution in [3.05, 3.63) is 54.1 Å². The predicted octanol–water partition coefficient (Wildman–Crippen LogP) is 2.85. The van der Waals surface area contributed by atoms with Crippen LogP contribution in [0.4, 0.5) is 19.3 Å². The van der Waals surface area contributed by atoms with E-state index in [1.165, 1.54) is 31.4 Å². The number of rotatable bonds is 8. The molecule has 0 radical (unpaired) electrons. The third-order valence-corrected chi connectivity index (χ3v) is 3.39. The van der Waals surface area contributed by atoms with Crippen LogP contribution >= 0.6 is 0 Å². The molecule has 2 aromatic carbocycles. The van der Waals surface area contributed by atoms with Crippen LogP contribution in [0.2, 0.25) is 0 Å². The monoisotopic (exact) mass is 379 g/mol. The van der Waals surface area contributed by atoms with Crippen LogP contribution in [0.1, 0.15) is 10.4 Å². The molecule has 0 spiro atoms. The van der Waals surface area contributed by atoms with E-state index in [0.717, 1.165) is 0 Å². The molecule has 0 aliphatic rings. The van der Waals surface area contributed by atoms with E-state index in [1.807, 2.05) is 0 Å². The topological polar surface area (TPSA) is 88.7 Å². The number of ether oxygens (including phenoxy) is 2. The molecule has 7 nitrogen and oxygen atoms in total. The maximum absolute atomic E-state index is 12.1. The van der Waals surface area contributed by atoms with E-state index in [4.69, 9.17) is 4.74 Å². The van der Waals surface area contributed by atoms with Gasteiger partial charge in [-0.1, -0.05) is 0 Å². The summed E-state index contributed by atoms with van der Waals surface area (Å²) in [6.45, 7) is -2.46. The van der Waals surface area contributed by atoms with Crippen LogP contribution in [0.3, 0.4) is 0 Å². The Labute approximate surface area is 154 Å². The molecule has 3 N–H and O–H groups in total. The average molecular weight is 379 g/mol. The van der Waals surface area contributed by atoms with Crippen LogP contribution in [0.5, 0.6) is 11.5 Å². The zero-order chi connectivity index (χ0) is 19.6. The smallest absolute Gasteiger partial charge is 0.387 e. The van der Waals surface area contributed by atoms with E-state index in [-0.39, 0.29) is 24.7 Å². The van der Waals surface area contributed by atoms with Crippen LogP contribution in [0.15, 0.2) is 48.5 Å². The minimum atomic E-state index is -2.90. The lowest BCUT2D eigenvalue weighted by Gasteiger charge is -2.10. The highest BCUT2D eigenvalue weighted by atomic mass is 19.3. The molecule has 0 saturated carbocycles. The number of halogens is 2. The summed E-state index contributed by atoms with van der Waals surface area (Å²) in [7, 11) is 1.54. The van der Waals surface area contributed by atoms with E-state index in [2.05, 4.69) is 20.7 Å². The van der Waals surface area contributed by atoms with Gasteiger partial charge >= 0.3 is 12.6 Å². The van der Waals surface area contributed by atoms with Crippen LogP contribution in [0, 0.1) is 0 Å². The maximum Gasteiger partial charge on any atom is 0.387 e. The van der Waals surface area contributed by atoms with Crippen molar-refractivity contribution in [1.82, 2.24) is 10.6 Å². The summed E-state index contributed by atoms with van der Waals surface area (Å²) in [4.78, 5) is 23.7. The Morgan fingerprint density at radius 3 is 2.11 bits per heavy atom. The second kappa shape index (κ2) is 9.95. The Morgan fingerprint density at radius 1 is 0.926 bits per heavy atom. The Morgan fingerprint density at radius 2 is 1.52 bits per heavy atom. The number of hydrogen-bond acceptors (Lipinski definition) is 4. The third kappa shape index (κ3) is 6.81. The first-order valence-electron chi connectivity index (χ1n) is 8.00. The molecule has 0 unspecified atom stereocenters. The van der Waals surface area contributed by atoms with Gasteiger partial charge in [-0.3, -0.25) is 4.79 Å². The van der Waals surface area contributed by atoms with Gasteiger partial charge in [0, 0.05) is 24.3 Å². The maximum atomic E-state index is 12.1. The van der Waals surface area contributed by atoms with E-state index in [1.54, 1.807) is 24.3 Å². The Hall–Kier alpha value is -3.36. The third-order valence-electron chi connectivity index (χ3n) is 3.39. The number of carbonyl (C=O) groups excluding carboxylic acids is 2. The molecule has 2 aromatic rings. The second-order valence-corrected chi connectivity index (χ2v) is 5.27. The normalized spacial score (nSPS) is 10.2. The lowest BCUT2D eigenvalue weighted by Crippen LogP contribution is -2.36. The molecule has 0 bridgehead atoms. The summed E-state index contributed by atoms with van der Waals surface area (Å²) < 4.78 is 33.4. The molecule has 144 valence electrons. The van der Waals surface area contributed by atoms with E-state index in [0.29, 0.717) is 17.0 Å². The highest BCUT2D eigenvalue weighted by Crippen LogP contribution is 2.17. The molecule has 0 fully saturated rings. The zero-order valence-corrected chi connectivity index (χ0v) is 14.5. The molecule has 0 aliphatic heterocycles. The number of nitrogens with one attached hydrogen (secondary N) is 3. The molecule has 0 saturated heterocycles. The van der Waals surface area contributed by atoms with Crippen LogP contribution in [-0.2, 0) is 0 Å². The zero-order valence-electron chi connectivity index (χ0n) is 14.5. The minimum Gasteiger partial charge on any atom is -0.497 e. The second-order valence-electron chi connectivity index (χ2n) is 5.27. The minimum absolute atomic E-state index is 0.00259.